The summed E-state index contributed by atoms with van der Waals surface area (Å²) in [4.78, 5) is 22.7. The van der Waals surface area contributed by atoms with E-state index < -0.39 is 10.0 Å². The van der Waals surface area contributed by atoms with Gasteiger partial charge in [-0.15, -0.1) is 0 Å². The maximum Gasteiger partial charge on any atom is 0.260 e. The lowest BCUT2D eigenvalue weighted by atomic mass is 10.0. The second kappa shape index (κ2) is 12.5. The molecule has 0 N–H and O–H groups in total. The van der Waals surface area contributed by atoms with Crippen molar-refractivity contribution in [2.45, 2.75) is 45.4 Å². The summed E-state index contributed by atoms with van der Waals surface area (Å²) >= 11 is 1.45. The number of aromatic nitrogens is 1. The molecule has 10 heteroatoms. The van der Waals surface area contributed by atoms with E-state index in [9.17, 15) is 13.2 Å². The zero-order chi connectivity index (χ0) is 27.3. The van der Waals surface area contributed by atoms with Gasteiger partial charge < -0.3 is 9.64 Å². The number of nitrogens with zero attached hydrogens (tertiary/aromatic N) is 4. The Hall–Kier alpha value is -2.53. The highest BCUT2D eigenvalue weighted by Crippen LogP contribution is 2.32. The standard InChI is InChI=1S/C28H38N4O4S2/c1-5-30(6-2)17-18-32(28-29-25-15-12-23(36-7-3)19-26(25)37-28)27(33)22-10-13-24(14-11-22)38(34,35)31-16-8-9-21(4)20-31/h10-15,19,21H,5-9,16-18,20H2,1-4H3. The third kappa shape index (κ3) is 6.36. The normalized spacial score (nSPS) is 16.7. The third-order valence-corrected chi connectivity index (χ3v) is 9.95. The molecule has 1 saturated heterocycles. The summed E-state index contributed by atoms with van der Waals surface area (Å²) < 4.78 is 34.5. The minimum Gasteiger partial charge on any atom is -0.494 e. The molecule has 1 aliphatic heterocycles. The molecule has 0 aliphatic carbocycles. The molecular formula is C28H38N4O4S2. The first-order valence-electron chi connectivity index (χ1n) is 13.4. The average molecular weight is 559 g/mol. The molecule has 0 saturated carbocycles. The maximum absolute atomic E-state index is 13.8. The summed E-state index contributed by atoms with van der Waals surface area (Å²) in [5.74, 6) is 0.921. The van der Waals surface area contributed by atoms with Crippen LogP contribution in [0.4, 0.5) is 5.13 Å². The monoisotopic (exact) mass is 558 g/mol. The van der Waals surface area contributed by atoms with E-state index in [2.05, 4.69) is 25.7 Å². The molecule has 1 aromatic heterocycles. The number of carbonyl (C=O) groups excluding carboxylic acids is 1. The first-order valence-corrected chi connectivity index (χ1v) is 15.7. The van der Waals surface area contributed by atoms with E-state index in [-0.39, 0.29) is 10.8 Å². The summed E-state index contributed by atoms with van der Waals surface area (Å²) in [6.45, 7) is 12.8. The van der Waals surface area contributed by atoms with E-state index in [0.717, 1.165) is 41.9 Å². The van der Waals surface area contributed by atoms with Crippen LogP contribution in [0.3, 0.4) is 0 Å². The predicted molar refractivity (Wildman–Crippen MR) is 154 cm³/mol. The number of sulfonamides is 1. The number of fused-ring (bicyclic) bond motifs is 1. The van der Waals surface area contributed by atoms with E-state index in [1.54, 1.807) is 33.5 Å². The Morgan fingerprint density at radius 1 is 1.11 bits per heavy atom. The molecule has 1 fully saturated rings. The number of amides is 1. The number of anilines is 1. The quantitative estimate of drug-likeness (QED) is 0.326. The topological polar surface area (TPSA) is 83.0 Å². The van der Waals surface area contributed by atoms with Gasteiger partial charge >= 0.3 is 0 Å². The van der Waals surface area contributed by atoms with Gasteiger partial charge in [0.05, 0.1) is 21.7 Å². The van der Waals surface area contributed by atoms with Crippen molar-refractivity contribution in [2.75, 3.05) is 50.8 Å². The van der Waals surface area contributed by atoms with Crippen LogP contribution in [0.25, 0.3) is 10.2 Å². The summed E-state index contributed by atoms with van der Waals surface area (Å²) in [7, 11) is -3.58. The van der Waals surface area contributed by atoms with E-state index in [1.807, 2.05) is 25.1 Å². The summed E-state index contributed by atoms with van der Waals surface area (Å²) in [5.41, 5.74) is 1.25. The zero-order valence-corrected chi connectivity index (χ0v) is 24.4. The molecule has 0 bridgehead atoms. The Bertz CT molecular complexity index is 1340. The summed E-state index contributed by atoms with van der Waals surface area (Å²) in [5, 5.41) is 0.616. The number of rotatable bonds is 11. The Morgan fingerprint density at radius 3 is 2.50 bits per heavy atom. The molecule has 38 heavy (non-hydrogen) atoms. The van der Waals surface area contributed by atoms with Gasteiger partial charge in [0.1, 0.15) is 5.75 Å². The molecule has 8 nitrogen and oxygen atoms in total. The summed E-state index contributed by atoms with van der Waals surface area (Å²) in [6.07, 6.45) is 1.91. The van der Waals surface area contributed by atoms with E-state index in [4.69, 9.17) is 9.72 Å². The third-order valence-electron chi connectivity index (χ3n) is 7.03. The van der Waals surface area contributed by atoms with Crippen molar-refractivity contribution < 1.29 is 17.9 Å². The number of likely N-dealkylation sites (N-methyl/N-ethyl adjacent to an activating group) is 1. The van der Waals surface area contributed by atoms with Crippen LogP contribution in [-0.2, 0) is 10.0 Å². The van der Waals surface area contributed by atoms with E-state index in [0.29, 0.717) is 49.4 Å². The molecule has 1 atom stereocenters. The van der Waals surface area contributed by atoms with Crippen molar-refractivity contribution in [2.24, 2.45) is 5.92 Å². The molecule has 4 rings (SSSR count). The van der Waals surface area contributed by atoms with Crippen LogP contribution in [0, 0.1) is 5.92 Å². The highest BCUT2D eigenvalue weighted by atomic mass is 32.2. The van der Waals surface area contributed by atoms with Gasteiger partial charge in [0, 0.05) is 31.7 Å². The molecule has 2 aromatic carbocycles. The van der Waals surface area contributed by atoms with E-state index in [1.165, 1.54) is 11.3 Å². The number of thiazole rings is 1. The molecule has 3 aromatic rings. The van der Waals surface area contributed by atoms with Crippen LogP contribution in [0.1, 0.15) is 50.9 Å². The van der Waals surface area contributed by atoms with Gasteiger partial charge in [0.15, 0.2) is 5.13 Å². The second-order valence-corrected chi connectivity index (χ2v) is 12.6. The van der Waals surface area contributed by atoms with E-state index >= 15 is 0 Å². The van der Waals surface area contributed by atoms with Crippen LogP contribution in [-0.4, -0.2) is 74.4 Å². The number of hydrogen-bond donors (Lipinski definition) is 0. The van der Waals surface area contributed by atoms with Gasteiger partial charge in [-0.3, -0.25) is 9.69 Å². The molecule has 206 valence electrons. The fourth-order valence-electron chi connectivity index (χ4n) is 4.77. The smallest absolute Gasteiger partial charge is 0.260 e. The first-order chi connectivity index (χ1) is 18.3. The predicted octanol–water partition coefficient (Wildman–Crippen LogP) is 5.10. The first kappa shape index (κ1) is 28.5. The van der Waals surface area contributed by atoms with Crippen molar-refractivity contribution >= 4 is 42.6 Å². The number of hydrogen-bond acceptors (Lipinski definition) is 7. The SMILES string of the molecule is CCOc1ccc2nc(N(CCN(CC)CC)C(=O)c3ccc(S(=O)(=O)N4CCCC(C)C4)cc3)sc2c1. The van der Waals surface area contributed by atoms with Crippen LogP contribution >= 0.6 is 11.3 Å². The Kier molecular flexibility index (Phi) is 9.40. The Balaban J connectivity index is 1.61. The summed E-state index contributed by atoms with van der Waals surface area (Å²) in [6, 6.07) is 12.1. The van der Waals surface area contributed by atoms with Crippen LogP contribution < -0.4 is 9.64 Å². The van der Waals surface area contributed by atoms with Gasteiger partial charge in [0.2, 0.25) is 10.0 Å². The minimum absolute atomic E-state index is 0.197. The lowest BCUT2D eigenvalue weighted by molar-refractivity contribution is 0.0983. The Morgan fingerprint density at radius 2 is 1.84 bits per heavy atom. The highest BCUT2D eigenvalue weighted by molar-refractivity contribution is 7.89. The minimum atomic E-state index is -3.58. The Labute approximate surface area is 230 Å². The maximum atomic E-state index is 13.8. The van der Waals surface area contributed by atoms with Gasteiger partial charge in [0.25, 0.3) is 5.91 Å². The zero-order valence-electron chi connectivity index (χ0n) is 22.7. The largest absolute Gasteiger partial charge is 0.494 e. The van der Waals surface area contributed by atoms with Crippen molar-refractivity contribution in [3.8, 4) is 5.75 Å². The number of carbonyl (C=O) groups is 1. The van der Waals surface area contributed by atoms with Gasteiger partial charge in [-0.05, 0) is 81.2 Å². The fraction of sp³-hybridized carbons (Fsp3) is 0.500. The van der Waals surface area contributed by atoms with Gasteiger partial charge in [-0.25, -0.2) is 13.4 Å². The van der Waals surface area contributed by atoms with Gasteiger partial charge in [-0.1, -0.05) is 32.1 Å². The van der Waals surface area contributed by atoms with Crippen molar-refractivity contribution in [1.29, 1.82) is 0 Å². The molecule has 2 heterocycles. The van der Waals surface area contributed by atoms with Gasteiger partial charge in [-0.2, -0.15) is 4.31 Å². The van der Waals surface area contributed by atoms with Crippen molar-refractivity contribution in [3.05, 3.63) is 48.0 Å². The van der Waals surface area contributed by atoms with Crippen LogP contribution in [0.15, 0.2) is 47.4 Å². The van der Waals surface area contributed by atoms with Crippen LogP contribution in [0.2, 0.25) is 0 Å². The van der Waals surface area contributed by atoms with Crippen molar-refractivity contribution in [3.63, 3.8) is 0 Å². The number of benzene rings is 2. The molecule has 1 amide bonds. The molecule has 1 unspecified atom stereocenters. The lowest BCUT2D eigenvalue weighted by Gasteiger charge is -2.30. The number of ether oxygens (including phenoxy) is 1. The van der Waals surface area contributed by atoms with Crippen molar-refractivity contribution in [1.82, 2.24) is 14.2 Å². The molecule has 1 aliphatic rings. The average Bonchev–Trinajstić information content (AvgIpc) is 3.34. The number of piperidine rings is 1. The van der Waals surface area contributed by atoms with Crippen LogP contribution in [0.5, 0.6) is 5.75 Å². The molecular weight excluding hydrogens is 520 g/mol. The lowest BCUT2D eigenvalue weighted by Crippen LogP contribution is -2.39. The molecule has 0 radical (unpaired) electrons. The highest BCUT2D eigenvalue weighted by Gasteiger charge is 2.29. The molecule has 0 spiro atoms. The fourth-order valence-corrected chi connectivity index (χ4v) is 7.39. The second-order valence-electron chi connectivity index (χ2n) is 9.68.